The Hall–Kier alpha value is -0.510. The maximum absolute atomic E-state index is 11.5. The van der Waals surface area contributed by atoms with Crippen LogP contribution >= 0.6 is 0 Å². The lowest BCUT2D eigenvalue weighted by Gasteiger charge is -2.04. The standard InChI is InChI=1S/C5H7F3O/c1-4(2-3-9)5(6,7)8/h2,9H,3H2,1H3/b4-2+. The lowest BCUT2D eigenvalue weighted by Crippen LogP contribution is -2.09. The van der Waals surface area contributed by atoms with Crippen LogP contribution in [0.5, 0.6) is 0 Å². The minimum atomic E-state index is -4.29. The third-order valence-corrected chi connectivity index (χ3v) is 0.845. The van der Waals surface area contributed by atoms with Crippen molar-refractivity contribution in [2.75, 3.05) is 6.61 Å². The predicted molar refractivity (Wildman–Crippen MR) is 26.9 cm³/mol. The van der Waals surface area contributed by atoms with Crippen molar-refractivity contribution in [2.45, 2.75) is 13.1 Å². The zero-order chi connectivity index (χ0) is 7.49. The van der Waals surface area contributed by atoms with Crippen LogP contribution in [0.3, 0.4) is 0 Å². The topological polar surface area (TPSA) is 20.2 Å². The molecule has 0 aromatic carbocycles. The van der Waals surface area contributed by atoms with Crippen molar-refractivity contribution in [3.63, 3.8) is 0 Å². The van der Waals surface area contributed by atoms with Crippen molar-refractivity contribution in [2.24, 2.45) is 0 Å². The highest BCUT2D eigenvalue weighted by atomic mass is 19.4. The molecule has 4 heteroatoms. The molecular weight excluding hydrogens is 133 g/mol. The van der Waals surface area contributed by atoms with E-state index in [4.69, 9.17) is 5.11 Å². The van der Waals surface area contributed by atoms with Crippen LogP contribution in [0, 0.1) is 0 Å². The molecule has 0 spiro atoms. The molecule has 54 valence electrons. The maximum Gasteiger partial charge on any atom is 0.412 e. The number of hydrogen-bond acceptors (Lipinski definition) is 1. The first-order valence-electron chi connectivity index (χ1n) is 2.33. The molecule has 0 amide bonds. The van der Waals surface area contributed by atoms with Gasteiger partial charge in [-0.25, -0.2) is 0 Å². The third kappa shape index (κ3) is 3.13. The Labute approximate surface area is 50.8 Å². The smallest absolute Gasteiger partial charge is 0.392 e. The summed E-state index contributed by atoms with van der Waals surface area (Å²) in [7, 11) is 0. The fraction of sp³-hybridized carbons (Fsp3) is 0.600. The normalized spacial score (nSPS) is 14.1. The quantitative estimate of drug-likeness (QED) is 0.547. The average Bonchev–Trinajstić information content (AvgIpc) is 1.64. The van der Waals surface area contributed by atoms with Gasteiger partial charge in [0.2, 0.25) is 0 Å². The molecular formula is C5H7F3O. The van der Waals surface area contributed by atoms with E-state index < -0.39 is 18.4 Å². The van der Waals surface area contributed by atoms with E-state index in [-0.39, 0.29) is 0 Å². The van der Waals surface area contributed by atoms with E-state index in [0.717, 1.165) is 13.0 Å². The zero-order valence-corrected chi connectivity index (χ0v) is 4.87. The maximum atomic E-state index is 11.5. The molecule has 0 aliphatic heterocycles. The van der Waals surface area contributed by atoms with Crippen molar-refractivity contribution in [1.29, 1.82) is 0 Å². The van der Waals surface area contributed by atoms with Crippen LogP contribution in [0.4, 0.5) is 13.2 Å². The number of aliphatic hydroxyl groups is 1. The summed E-state index contributed by atoms with van der Waals surface area (Å²) in [6.45, 7) is 0.349. The Balaban J connectivity index is 4.03. The van der Waals surface area contributed by atoms with Gasteiger partial charge in [0, 0.05) is 5.57 Å². The SMILES string of the molecule is C/C(=C\CO)C(F)(F)F. The number of allylic oxidation sites excluding steroid dienone is 1. The monoisotopic (exact) mass is 140 g/mol. The van der Waals surface area contributed by atoms with E-state index in [0.29, 0.717) is 0 Å². The van der Waals surface area contributed by atoms with Gasteiger partial charge in [0.05, 0.1) is 6.61 Å². The second kappa shape index (κ2) is 2.87. The fourth-order valence-corrected chi connectivity index (χ4v) is 0.253. The van der Waals surface area contributed by atoms with E-state index >= 15 is 0 Å². The van der Waals surface area contributed by atoms with Gasteiger partial charge >= 0.3 is 6.18 Å². The van der Waals surface area contributed by atoms with Crippen LogP contribution in [0.15, 0.2) is 11.6 Å². The minimum absolute atomic E-state index is 0.564. The van der Waals surface area contributed by atoms with E-state index in [9.17, 15) is 13.2 Å². The lowest BCUT2D eigenvalue weighted by atomic mass is 10.3. The third-order valence-electron chi connectivity index (χ3n) is 0.845. The van der Waals surface area contributed by atoms with Crippen molar-refractivity contribution in [3.8, 4) is 0 Å². The fourth-order valence-electron chi connectivity index (χ4n) is 0.253. The molecule has 0 aromatic rings. The Kier molecular flexibility index (Phi) is 2.70. The number of halogens is 3. The van der Waals surface area contributed by atoms with Crippen molar-refractivity contribution in [3.05, 3.63) is 11.6 Å². The van der Waals surface area contributed by atoms with Crippen LogP contribution in [0.1, 0.15) is 6.92 Å². The summed E-state index contributed by atoms with van der Waals surface area (Å²) >= 11 is 0. The molecule has 0 saturated carbocycles. The molecule has 0 aliphatic carbocycles. The van der Waals surface area contributed by atoms with Gasteiger partial charge in [-0.1, -0.05) is 6.08 Å². The molecule has 0 aliphatic rings. The minimum Gasteiger partial charge on any atom is -0.392 e. The molecule has 0 fully saturated rings. The number of hydrogen-bond donors (Lipinski definition) is 1. The Morgan fingerprint density at radius 3 is 2.11 bits per heavy atom. The molecule has 0 radical (unpaired) electrons. The molecule has 1 nitrogen and oxygen atoms in total. The lowest BCUT2D eigenvalue weighted by molar-refractivity contribution is -0.0917. The molecule has 9 heavy (non-hydrogen) atoms. The second-order valence-electron chi connectivity index (χ2n) is 1.57. The number of alkyl halides is 3. The van der Waals surface area contributed by atoms with Crippen LogP contribution in [-0.2, 0) is 0 Å². The Morgan fingerprint density at radius 1 is 1.56 bits per heavy atom. The highest BCUT2D eigenvalue weighted by Crippen LogP contribution is 2.24. The first-order valence-corrected chi connectivity index (χ1v) is 2.33. The van der Waals surface area contributed by atoms with E-state index in [1.54, 1.807) is 0 Å². The average molecular weight is 140 g/mol. The van der Waals surface area contributed by atoms with Crippen LogP contribution in [-0.4, -0.2) is 17.9 Å². The van der Waals surface area contributed by atoms with Gasteiger partial charge in [-0.05, 0) is 6.92 Å². The molecule has 0 aromatic heterocycles. The van der Waals surface area contributed by atoms with Crippen molar-refractivity contribution < 1.29 is 18.3 Å². The summed E-state index contributed by atoms with van der Waals surface area (Å²) in [5.41, 5.74) is -0.759. The van der Waals surface area contributed by atoms with Crippen molar-refractivity contribution in [1.82, 2.24) is 0 Å². The molecule has 0 saturated heterocycles. The Morgan fingerprint density at radius 2 is 2.00 bits per heavy atom. The highest BCUT2D eigenvalue weighted by molar-refractivity contribution is 5.04. The Bertz CT molecular complexity index is 114. The summed E-state index contributed by atoms with van der Waals surface area (Å²) in [6, 6.07) is 0. The molecule has 0 unspecified atom stereocenters. The van der Waals surface area contributed by atoms with Gasteiger partial charge in [0.15, 0.2) is 0 Å². The largest absolute Gasteiger partial charge is 0.412 e. The first kappa shape index (κ1) is 8.49. The number of rotatable bonds is 1. The summed E-state index contributed by atoms with van der Waals surface area (Å²) in [4.78, 5) is 0. The van der Waals surface area contributed by atoms with Gasteiger partial charge in [0.25, 0.3) is 0 Å². The van der Waals surface area contributed by atoms with Crippen LogP contribution < -0.4 is 0 Å². The van der Waals surface area contributed by atoms with Crippen LogP contribution in [0.2, 0.25) is 0 Å². The van der Waals surface area contributed by atoms with Gasteiger partial charge in [-0.3, -0.25) is 0 Å². The zero-order valence-electron chi connectivity index (χ0n) is 4.87. The summed E-state index contributed by atoms with van der Waals surface area (Å²) in [6.07, 6.45) is -3.57. The molecule has 1 N–H and O–H groups in total. The molecule has 0 bridgehead atoms. The van der Waals surface area contributed by atoms with E-state index in [1.807, 2.05) is 0 Å². The summed E-state index contributed by atoms with van der Waals surface area (Å²) in [5.74, 6) is 0. The van der Waals surface area contributed by atoms with Gasteiger partial charge < -0.3 is 5.11 Å². The molecule has 0 atom stereocenters. The first-order chi connectivity index (χ1) is 3.98. The van der Waals surface area contributed by atoms with Crippen molar-refractivity contribution >= 4 is 0 Å². The van der Waals surface area contributed by atoms with Gasteiger partial charge in [-0.2, -0.15) is 13.2 Å². The van der Waals surface area contributed by atoms with E-state index in [2.05, 4.69) is 0 Å². The molecule has 0 rings (SSSR count). The van der Waals surface area contributed by atoms with E-state index in [1.165, 1.54) is 0 Å². The summed E-state index contributed by atoms with van der Waals surface area (Å²) in [5, 5.41) is 8.02. The number of aliphatic hydroxyl groups excluding tert-OH is 1. The molecule has 0 heterocycles. The van der Waals surface area contributed by atoms with Gasteiger partial charge in [-0.15, -0.1) is 0 Å². The van der Waals surface area contributed by atoms with Crippen LogP contribution in [0.25, 0.3) is 0 Å². The highest BCUT2D eigenvalue weighted by Gasteiger charge is 2.29. The predicted octanol–water partition coefficient (Wildman–Crippen LogP) is 1.49. The second-order valence-corrected chi connectivity index (χ2v) is 1.57. The summed E-state index contributed by atoms with van der Waals surface area (Å²) < 4.78 is 34.4. The van der Waals surface area contributed by atoms with Gasteiger partial charge in [0.1, 0.15) is 0 Å².